The summed E-state index contributed by atoms with van der Waals surface area (Å²) in [5, 5.41) is 15.5. The first-order valence-electron chi connectivity index (χ1n) is 10.8. The van der Waals surface area contributed by atoms with Gasteiger partial charge in [0.1, 0.15) is 12.4 Å². The molecule has 27 heavy (non-hydrogen) atoms. The predicted octanol–water partition coefficient (Wildman–Crippen LogP) is 2.22. The first-order chi connectivity index (χ1) is 13.2. The summed E-state index contributed by atoms with van der Waals surface area (Å²) in [4.78, 5) is 7.43. The van der Waals surface area contributed by atoms with E-state index in [2.05, 4.69) is 32.7 Å². The summed E-state index contributed by atoms with van der Waals surface area (Å²) < 4.78 is 2.01. The fourth-order valence-electron chi connectivity index (χ4n) is 4.14. The number of hydrogen-bond acceptors (Lipinski definition) is 4. The molecule has 0 bridgehead atoms. The lowest BCUT2D eigenvalue weighted by Crippen LogP contribution is -2.45. The Labute approximate surface area is 164 Å². The van der Waals surface area contributed by atoms with Crippen molar-refractivity contribution in [2.45, 2.75) is 71.4 Å². The molecule has 7 heteroatoms. The van der Waals surface area contributed by atoms with Crippen molar-refractivity contribution in [3.63, 3.8) is 0 Å². The van der Waals surface area contributed by atoms with Gasteiger partial charge in [-0.1, -0.05) is 26.2 Å². The van der Waals surface area contributed by atoms with E-state index in [1.54, 1.807) is 0 Å². The van der Waals surface area contributed by atoms with Crippen molar-refractivity contribution in [3.8, 4) is 0 Å². The number of hydrogen-bond donors (Lipinski definition) is 2. The highest BCUT2D eigenvalue weighted by atomic mass is 15.3. The van der Waals surface area contributed by atoms with Crippen LogP contribution in [-0.4, -0.2) is 57.8 Å². The molecule has 7 nitrogen and oxygen atoms in total. The zero-order chi connectivity index (χ0) is 19.1. The molecule has 1 saturated carbocycles. The average molecular weight is 376 g/mol. The molecule has 1 saturated heterocycles. The predicted molar refractivity (Wildman–Crippen MR) is 110 cm³/mol. The molecule has 1 aromatic rings. The van der Waals surface area contributed by atoms with Gasteiger partial charge in [-0.2, -0.15) is 0 Å². The minimum absolute atomic E-state index is 0.487. The van der Waals surface area contributed by atoms with E-state index >= 15 is 0 Å². The van der Waals surface area contributed by atoms with Crippen molar-refractivity contribution in [2.75, 3.05) is 26.2 Å². The number of rotatable bonds is 8. The van der Waals surface area contributed by atoms with E-state index in [0.717, 1.165) is 43.0 Å². The van der Waals surface area contributed by atoms with Gasteiger partial charge in [0.25, 0.3) is 0 Å². The van der Waals surface area contributed by atoms with Crippen LogP contribution in [0.4, 0.5) is 0 Å². The van der Waals surface area contributed by atoms with Gasteiger partial charge in [0.15, 0.2) is 11.8 Å². The number of unbranched alkanes of at least 4 members (excludes halogenated alkanes) is 1. The summed E-state index contributed by atoms with van der Waals surface area (Å²) >= 11 is 0. The van der Waals surface area contributed by atoms with Gasteiger partial charge >= 0.3 is 0 Å². The summed E-state index contributed by atoms with van der Waals surface area (Å²) in [5.74, 6) is 3.67. The molecule has 0 amide bonds. The molecule has 1 aromatic heterocycles. The highest BCUT2D eigenvalue weighted by Crippen LogP contribution is 2.26. The van der Waals surface area contributed by atoms with E-state index in [-0.39, 0.29) is 0 Å². The number of likely N-dealkylation sites (tertiary alicyclic amines) is 1. The Morgan fingerprint density at radius 3 is 2.74 bits per heavy atom. The third-order valence-electron chi connectivity index (χ3n) is 5.99. The summed E-state index contributed by atoms with van der Waals surface area (Å²) in [7, 11) is 2.00. The highest BCUT2D eigenvalue weighted by molar-refractivity contribution is 5.80. The maximum Gasteiger partial charge on any atom is 0.191 e. The van der Waals surface area contributed by atoms with Crippen LogP contribution >= 0.6 is 0 Å². The minimum atomic E-state index is 0.487. The third-order valence-corrected chi connectivity index (χ3v) is 5.99. The molecule has 0 radical (unpaired) electrons. The monoisotopic (exact) mass is 375 g/mol. The van der Waals surface area contributed by atoms with Crippen molar-refractivity contribution >= 4 is 5.96 Å². The van der Waals surface area contributed by atoms with Gasteiger partial charge < -0.3 is 20.1 Å². The van der Waals surface area contributed by atoms with Gasteiger partial charge in [-0.25, -0.2) is 4.99 Å². The van der Waals surface area contributed by atoms with E-state index in [9.17, 15) is 0 Å². The van der Waals surface area contributed by atoms with E-state index < -0.39 is 0 Å². The number of guanidine groups is 1. The average Bonchev–Trinajstić information content (AvgIpc) is 3.39. The molecule has 152 valence electrons. The van der Waals surface area contributed by atoms with Crippen LogP contribution in [0.5, 0.6) is 0 Å². The number of aromatic nitrogens is 3. The quantitative estimate of drug-likeness (QED) is 0.414. The van der Waals surface area contributed by atoms with Crippen molar-refractivity contribution in [2.24, 2.45) is 18.0 Å². The van der Waals surface area contributed by atoms with Gasteiger partial charge in [0, 0.05) is 39.3 Å². The number of nitrogens with one attached hydrogen (secondary N) is 2. The lowest BCUT2D eigenvalue weighted by Gasteiger charge is -2.21. The highest BCUT2D eigenvalue weighted by Gasteiger charge is 2.26. The first-order valence-corrected chi connectivity index (χ1v) is 10.8. The molecule has 3 rings (SSSR count). The zero-order valence-electron chi connectivity index (χ0n) is 17.4. The van der Waals surface area contributed by atoms with Crippen LogP contribution in [0.25, 0.3) is 0 Å². The second-order valence-corrected chi connectivity index (χ2v) is 8.21. The summed E-state index contributed by atoms with van der Waals surface area (Å²) in [6.45, 7) is 9.32. The normalized spacial score (nSPS) is 21.9. The van der Waals surface area contributed by atoms with Crippen LogP contribution in [0, 0.1) is 12.8 Å². The topological polar surface area (TPSA) is 70.4 Å². The summed E-state index contributed by atoms with van der Waals surface area (Å²) in [6, 6.07) is 0.487. The smallest absolute Gasteiger partial charge is 0.191 e. The molecule has 1 atom stereocenters. The molecule has 0 aromatic carbocycles. The lowest BCUT2D eigenvalue weighted by molar-refractivity contribution is 0.275. The van der Waals surface area contributed by atoms with Crippen molar-refractivity contribution < 1.29 is 0 Å². The third kappa shape index (κ3) is 5.92. The fourth-order valence-corrected chi connectivity index (χ4v) is 4.14. The first kappa shape index (κ1) is 20.1. The maximum absolute atomic E-state index is 4.78. The molecule has 2 fully saturated rings. The largest absolute Gasteiger partial charge is 0.356 e. The van der Waals surface area contributed by atoms with Gasteiger partial charge in [0.05, 0.1) is 0 Å². The number of nitrogens with zero attached hydrogens (tertiary/aromatic N) is 5. The molecule has 1 aliphatic carbocycles. The van der Waals surface area contributed by atoms with Gasteiger partial charge in [-0.3, -0.25) is 0 Å². The van der Waals surface area contributed by atoms with Crippen LogP contribution in [0.2, 0.25) is 0 Å². The van der Waals surface area contributed by atoms with Crippen LogP contribution < -0.4 is 10.6 Å². The molecular weight excluding hydrogens is 338 g/mol. The van der Waals surface area contributed by atoms with Gasteiger partial charge in [-0.05, 0) is 38.5 Å². The van der Waals surface area contributed by atoms with Crippen LogP contribution in [0.1, 0.15) is 63.5 Å². The fraction of sp³-hybridized carbons (Fsp3) is 0.850. The number of aliphatic imine (C=N–C) groups is 1. The molecule has 1 unspecified atom stereocenters. The SMILES string of the molecule is CCCCNC(=NCc1nnc(C)n1C)NC1CCN(CC2CCCC2)C1. The second kappa shape index (κ2) is 10.1. The molecular formula is C20H37N7. The Bertz CT molecular complexity index is 603. The molecule has 1 aliphatic heterocycles. The molecule has 2 aliphatic rings. The van der Waals surface area contributed by atoms with E-state index in [4.69, 9.17) is 4.99 Å². The Morgan fingerprint density at radius 1 is 1.22 bits per heavy atom. The maximum atomic E-state index is 4.78. The van der Waals surface area contributed by atoms with Crippen LogP contribution in [0.15, 0.2) is 4.99 Å². The number of aryl methyl sites for hydroxylation is 1. The standard InChI is InChI=1S/C20H37N7/c1-4-5-11-21-20(22-13-19-25-24-16(2)26(19)3)23-18-10-12-27(15-18)14-17-8-6-7-9-17/h17-18H,4-15H2,1-3H3,(H2,21,22,23). The van der Waals surface area contributed by atoms with Crippen molar-refractivity contribution in [1.29, 1.82) is 0 Å². The lowest BCUT2D eigenvalue weighted by atomic mass is 10.1. The van der Waals surface area contributed by atoms with Gasteiger partial charge in [0.2, 0.25) is 0 Å². The second-order valence-electron chi connectivity index (χ2n) is 8.21. The van der Waals surface area contributed by atoms with Crippen LogP contribution in [-0.2, 0) is 13.6 Å². The Morgan fingerprint density at radius 2 is 2.04 bits per heavy atom. The van der Waals surface area contributed by atoms with E-state index in [1.807, 2.05) is 18.5 Å². The Kier molecular flexibility index (Phi) is 7.50. The summed E-state index contributed by atoms with van der Waals surface area (Å²) in [5.41, 5.74) is 0. The van der Waals surface area contributed by atoms with E-state index in [1.165, 1.54) is 51.6 Å². The Hall–Kier alpha value is -1.63. The van der Waals surface area contributed by atoms with Gasteiger partial charge in [-0.15, -0.1) is 10.2 Å². The van der Waals surface area contributed by atoms with E-state index in [0.29, 0.717) is 12.6 Å². The Balaban J connectivity index is 1.52. The zero-order valence-corrected chi connectivity index (χ0v) is 17.4. The van der Waals surface area contributed by atoms with Crippen molar-refractivity contribution in [3.05, 3.63) is 11.6 Å². The summed E-state index contributed by atoms with van der Waals surface area (Å²) in [6.07, 6.45) is 9.25. The van der Waals surface area contributed by atoms with Crippen molar-refractivity contribution in [1.82, 2.24) is 30.3 Å². The molecule has 2 heterocycles. The molecule has 2 N–H and O–H groups in total. The minimum Gasteiger partial charge on any atom is -0.356 e. The molecule has 0 spiro atoms. The van der Waals surface area contributed by atoms with Crippen LogP contribution in [0.3, 0.4) is 0 Å².